The average Bonchev–Trinajstić information content (AvgIpc) is 2.90. The van der Waals surface area contributed by atoms with E-state index in [4.69, 9.17) is 9.47 Å². The third kappa shape index (κ3) is 5.04. The Kier molecular flexibility index (Phi) is 5.87. The van der Waals surface area contributed by atoms with E-state index in [1.54, 1.807) is 27.7 Å². The van der Waals surface area contributed by atoms with Gasteiger partial charge in [-0.2, -0.15) is 0 Å². The number of hydrogen-bond donors (Lipinski definition) is 2. The Morgan fingerprint density at radius 1 is 1.24 bits per heavy atom. The van der Waals surface area contributed by atoms with Crippen molar-refractivity contribution in [3.63, 3.8) is 0 Å². The summed E-state index contributed by atoms with van der Waals surface area (Å²) in [5, 5.41) is 0. The molecule has 2 atom stereocenters. The van der Waals surface area contributed by atoms with Crippen molar-refractivity contribution in [1.29, 1.82) is 0 Å². The summed E-state index contributed by atoms with van der Waals surface area (Å²) >= 11 is -0.244. The molecule has 1 heterocycles. The van der Waals surface area contributed by atoms with Crippen molar-refractivity contribution in [3.05, 3.63) is 35.9 Å². The van der Waals surface area contributed by atoms with Gasteiger partial charge in [0.15, 0.2) is 0 Å². The number of rotatable bonds is 4. The number of aliphatic imine (C=N–C) groups is 1. The van der Waals surface area contributed by atoms with E-state index in [0.29, 0.717) is 0 Å². The summed E-state index contributed by atoms with van der Waals surface area (Å²) in [5.74, 6) is -0.365. The number of methoxy groups -OCH3 is 1. The fourth-order valence-electron chi connectivity index (χ4n) is 2.19. The third-order valence-corrected chi connectivity index (χ3v) is 6.34. The molecule has 2 N–H and O–H groups in total. The second kappa shape index (κ2) is 7.56. The van der Waals surface area contributed by atoms with Crippen molar-refractivity contribution in [2.45, 2.75) is 43.8 Å². The molecule has 8 heteroatoms. The van der Waals surface area contributed by atoms with Crippen LogP contribution in [0, 0.1) is 0 Å². The Hall–Kier alpha value is -1.89. The van der Waals surface area contributed by atoms with Gasteiger partial charge >= 0.3 is 153 Å². The van der Waals surface area contributed by atoms with Gasteiger partial charge in [-0.3, -0.25) is 0 Å². The molecule has 0 radical (unpaired) electrons. The molecule has 0 bridgehead atoms. The van der Waals surface area contributed by atoms with E-state index in [2.05, 4.69) is 15.8 Å². The van der Waals surface area contributed by atoms with Crippen molar-refractivity contribution >= 4 is 31.6 Å². The van der Waals surface area contributed by atoms with Crippen LogP contribution in [0.5, 0.6) is 0 Å². The fraction of sp³-hybridized carbons (Fsp3) is 0.471. The first-order valence-electron chi connectivity index (χ1n) is 7.80. The standard InChI is InChI=1S/C17H23N3O4Se/c1-16(2,3)24-15(22)19-20-17(4)12(14(21)23-5)25-13(18-17)11-9-7-6-8-10-11/h6-10,12,20H,1-5H3,(H,19,22). The minimum atomic E-state index is -1.00. The number of nitrogens with one attached hydrogen (secondary N) is 2. The Bertz CT molecular complexity index is 672. The number of ether oxygens (including phenoxy) is 2. The number of benzene rings is 1. The van der Waals surface area contributed by atoms with Crippen LogP contribution >= 0.6 is 0 Å². The zero-order valence-corrected chi connectivity index (χ0v) is 16.7. The Labute approximate surface area is 153 Å². The van der Waals surface area contributed by atoms with Crippen molar-refractivity contribution in [2.24, 2.45) is 4.99 Å². The zero-order valence-electron chi connectivity index (χ0n) is 15.0. The molecular weight excluding hydrogens is 389 g/mol. The van der Waals surface area contributed by atoms with Crippen molar-refractivity contribution in [1.82, 2.24) is 10.9 Å². The number of nitrogens with zero attached hydrogens (tertiary/aromatic N) is 1. The van der Waals surface area contributed by atoms with Gasteiger partial charge in [0.25, 0.3) is 0 Å². The van der Waals surface area contributed by atoms with Gasteiger partial charge in [0.05, 0.1) is 0 Å². The van der Waals surface area contributed by atoms with E-state index in [1.165, 1.54) is 7.11 Å². The van der Waals surface area contributed by atoms with Crippen LogP contribution in [0.3, 0.4) is 0 Å². The number of amides is 1. The van der Waals surface area contributed by atoms with Crippen LogP contribution in [0.2, 0.25) is 4.82 Å². The average molecular weight is 412 g/mol. The first kappa shape index (κ1) is 19.4. The minimum absolute atomic E-state index is 0.244. The van der Waals surface area contributed by atoms with Crippen molar-refractivity contribution in [3.8, 4) is 0 Å². The second-order valence-corrected chi connectivity index (χ2v) is 9.00. The van der Waals surface area contributed by atoms with E-state index in [-0.39, 0.29) is 20.9 Å². The zero-order chi connectivity index (χ0) is 18.7. The predicted molar refractivity (Wildman–Crippen MR) is 95.4 cm³/mol. The number of esters is 1. The van der Waals surface area contributed by atoms with Gasteiger partial charge < -0.3 is 0 Å². The molecule has 0 spiro atoms. The Morgan fingerprint density at radius 2 is 1.88 bits per heavy atom. The third-order valence-electron chi connectivity index (χ3n) is 3.33. The van der Waals surface area contributed by atoms with Crippen molar-refractivity contribution in [2.75, 3.05) is 7.11 Å². The SMILES string of the molecule is COC(=O)C1[Se]C(c2ccccc2)=NC1(C)NNC(=O)OC(C)(C)C. The summed E-state index contributed by atoms with van der Waals surface area (Å²) < 4.78 is 11.0. The van der Waals surface area contributed by atoms with Gasteiger partial charge in [-0.25, -0.2) is 0 Å². The second-order valence-electron chi connectivity index (χ2n) is 6.70. The predicted octanol–water partition coefficient (Wildman–Crippen LogP) is 1.86. The molecular formula is C17H23N3O4Se. The summed E-state index contributed by atoms with van der Waals surface area (Å²) in [7, 11) is 1.35. The molecule has 0 aromatic heterocycles. The van der Waals surface area contributed by atoms with Crippen LogP contribution in [-0.4, -0.2) is 50.0 Å². The molecule has 7 nitrogen and oxygen atoms in total. The monoisotopic (exact) mass is 413 g/mol. The quantitative estimate of drug-likeness (QED) is 0.448. The molecule has 0 saturated carbocycles. The van der Waals surface area contributed by atoms with E-state index in [1.807, 2.05) is 30.3 Å². The van der Waals surface area contributed by atoms with Crippen LogP contribution < -0.4 is 10.9 Å². The van der Waals surface area contributed by atoms with Crippen LogP contribution in [0.1, 0.15) is 33.3 Å². The van der Waals surface area contributed by atoms with Gasteiger partial charge in [0.2, 0.25) is 0 Å². The molecule has 1 aromatic rings. The number of carbonyl (C=O) groups excluding carboxylic acids is 2. The summed E-state index contributed by atoms with van der Waals surface area (Å²) in [6.45, 7) is 7.07. The van der Waals surface area contributed by atoms with Crippen LogP contribution in [0.25, 0.3) is 0 Å². The van der Waals surface area contributed by atoms with E-state index >= 15 is 0 Å². The van der Waals surface area contributed by atoms with Gasteiger partial charge in [-0.1, -0.05) is 0 Å². The molecule has 1 aliphatic heterocycles. The first-order chi connectivity index (χ1) is 11.6. The number of carbonyl (C=O) groups is 2. The van der Waals surface area contributed by atoms with Gasteiger partial charge in [-0.15, -0.1) is 0 Å². The molecule has 0 fully saturated rings. The van der Waals surface area contributed by atoms with Gasteiger partial charge in [0, 0.05) is 0 Å². The summed E-state index contributed by atoms with van der Waals surface area (Å²) in [4.78, 5) is 28.3. The van der Waals surface area contributed by atoms with Gasteiger partial charge in [-0.05, 0) is 0 Å². The maximum atomic E-state index is 12.2. The number of hydrazine groups is 1. The van der Waals surface area contributed by atoms with Crippen LogP contribution in [-0.2, 0) is 14.3 Å². The molecule has 1 aliphatic rings. The number of hydrogen-bond acceptors (Lipinski definition) is 6. The normalized spacial score (nSPS) is 22.9. The van der Waals surface area contributed by atoms with Crippen LogP contribution in [0.4, 0.5) is 4.79 Å². The Balaban J connectivity index is 2.18. The molecule has 136 valence electrons. The topological polar surface area (TPSA) is 89.0 Å². The summed E-state index contributed by atoms with van der Waals surface area (Å²) in [6.07, 6.45) is -0.631. The summed E-state index contributed by atoms with van der Waals surface area (Å²) in [6, 6.07) is 9.65. The molecule has 1 aromatic carbocycles. The Morgan fingerprint density at radius 3 is 2.44 bits per heavy atom. The van der Waals surface area contributed by atoms with Gasteiger partial charge in [0.1, 0.15) is 0 Å². The maximum absolute atomic E-state index is 12.2. The van der Waals surface area contributed by atoms with E-state index in [9.17, 15) is 9.59 Å². The van der Waals surface area contributed by atoms with E-state index < -0.39 is 22.2 Å². The molecule has 2 rings (SSSR count). The molecule has 0 aliphatic carbocycles. The fourth-order valence-corrected chi connectivity index (χ4v) is 4.86. The molecule has 2 unspecified atom stereocenters. The molecule has 1 amide bonds. The van der Waals surface area contributed by atoms with Crippen molar-refractivity contribution < 1.29 is 19.1 Å². The van der Waals surface area contributed by atoms with E-state index in [0.717, 1.165) is 10.2 Å². The first-order valence-corrected chi connectivity index (χ1v) is 9.65. The molecule has 25 heavy (non-hydrogen) atoms. The molecule has 0 saturated heterocycles. The summed E-state index contributed by atoms with van der Waals surface area (Å²) in [5.41, 5.74) is 4.67. The van der Waals surface area contributed by atoms with Crippen LogP contribution in [0.15, 0.2) is 35.3 Å².